The largest absolute Gasteiger partial charge is 0.288 e. The second kappa shape index (κ2) is 10.0. The molecule has 4 aromatic rings. The maximum Gasteiger partial charge on any atom is 0.266 e. The molecule has 180 valence electrons. The van der Waals surface area contributed by atoms with Crippen LogP contribution in [0.4, 0.5) is 0 Å². The fourth-order valence-electron chi connectivity index (χ4n) is 3.85. The Bertz CT molecular complexity index is 1590. The standard InChI is InChI=1S/C28H23N3O2S3/c1-17-6-10-20(11-7-17)16-31-27(33)23(36-28(31)34)15-22-25(35-21-12-8-18(2)9-13-21)29-24-19(3)5-4-14-30(24)26(22)32/h4-15H,16H2,1-3H3/b23-15+. The lowest BCUT2D eigenvalue weighted by molar-refractivity contribution is -0.122. The molecule has 0 N–H and O–H groups in total. The summed E-state index contributed by atoms with van der Waals surface area (Å²) >= 11 is 8.17. The molecule has 2 aromatic heterocycles. The Labute approximate surface area is 223 Å². The molecule has 0 atom stereocenters. The van der Waals surface area contributed by atoms with Crippen molar-refractivity contribution in [2.24, 2.45) is 0 Å². The lowest BCUT2D eigenvalue weighted by Crippen LogP contribution is -2.27. The fourth-order valence-corrected chi connectivity index (χ4v) is 5.98. The predicted molar refractivity (Wildman–Crippen MR) is 151 cm³/mol. The minimum absolute atomic E-state index is 0.203. The minimum Gasteiger partial charge on any atom is -0.288 e. The number of hydrogen-bond donors (Lipinski definition) is 0. The van der Waals surface area contributed by atoms with Crippen molar-refractivity contribution in [3.63, 3.8) is 0 Å². The maximum atomic E-state index is 13.6. The number of hydrogen-bond acceptors (Lipinski definition) is 6. The second-order valence-corrected chi connectivity index (χ2v) is 11.4. The molecule has 1 aliphatic rings. The van der Waals surface area contributed by atoms with Gasteiger partial charge in [-0.2, -0.15) is 0 Å². The first-order valence-corrected chi connectivity index (χ1v) is 13.4. The molecule has 0 unspecified atom stereocenters. The van der Waals surface area contributed by atoms with Crippen LogP contribution in [0.15, 0.2) is 86.5 Å². The van der Waals surface area contributed by atoms with E-state index in [9.17, 15) is 9.59 Å². The molecule has 1 saturated heterocycles. The van der Waals surface area contributed by atoms with E-state index in [1.165, 1.54) is 27.9 Å². The van der Waals surface area contributed by atoms with Crippen LogP contribution in [0.25, 0.3) is 11.7 Å². The van der Waals surface area contributed by atoms with Crippen LogP contribution in [0.3, 0.4) is 0 Å². The number of nitrogens with zero attached hydrogens (tertiary/aromatic N) is 3. The van der Waals surface area contributed by atoms with Crippen molar-refractivity contribution < 1.29 is 4.79 Å². The Hall–Kier alpha value is -3.20. The normalized spacial score (nSPS) is 14.9. The Morgan fingerprint density at radius 3 is 2.33 bits per heavy atom. The van der Waals surface area contributed by atoms with E-state index in [-0.39, 0.29) is 11.5 Å². The highest BCUT2D eigenvalue weighted by Gasteiger charge is 2.32. The third-order valence-electron chi connectivity index (χ3n) is 5.90. The first-order chi connectivity index (χ1) is 17.3. The highest BCUT2D eigenvalue weighted by Crippen LogP contribution is 2.36. The van der Waals surface area contributed by atoms with Crippen LogP contribution in [0.2, 0.25) is 0 Å². The molecule has 1 amide bonds. The summed E-state index contributed by atoms with van der Waals surface area (Å²) in [4.78, 5) is 34.8. The monoisotopic (exact) mass is 529 g/mol. The van der Waals surface area contributed by atoms with Crippen LogP contribution in [0, 0.1) is 20.8 Å². The Balaban J connectivity index is 1.57. The number of thioether (sulfide) groups is 1. The number of carbonyl (C=O) groups excluding carboxylic acids is 1. The van der Waals surface area contributed by atoms with Gasteiger partial charge in [0.05, 0.1) is 17.0 Å². The molecule has 2 aromatic carbocycles. The molecule has 0 saturated carbocycles. The van der Waals surface area contributed by atoms with Crippen molar-refractivity contribution >= 4 is 57.7 Å². The number of aromatic nitrogens is 2. The van der Waals surface area contributed by atoms with Gasteiger partial charge in [-0.15, -0.1) is 0 Å². The number of benzene rings is 2. The van der Waals surface area contributed by atoms with Crippen LogP contribution < -0.4 is 5.56 Å². The molecular formula is C28H23N3O2S3. The molecule has 5 nitrogen and oxygen atoms in total. The summed E-state index contributed by atoms with van der Waals surface area (Å²) in [6.45, 7) is 6.37. The van der Waals surface area contributed by atoms with Crippen molar-refractivity contribution in [3.05, 3.63) is 110 Å². The zero-order valence-electron chi connectivity index (χ0n) is 20.0. The Kier molecular flexibility index (Phi) is 6.83. The molecular weight excluding hydrogens is 507 g/mol. The van der Waals surface area contributed by atoms with Crippen LogP contribution in [0.5, 0.6) is 0 Å². The third kappa shape index (κ3) is 4.89. The molecule has 0 spiro atoms. The van der Waals surface area contributed by atoms with Gasteiger partial charge >= 0.3 is 0 Å². The smallest absolute Gasteiger partial charge is 0.266 e. The van der Waals surface area contributed by atoms with E-state index in [4.69, 9.17) is 17.2 Å². The van der Waals surface area contributed by atoms with Crippen molar-refractivity contribution in [3.8, 4) is 0 Å². The summed E-state index contributed by atoms with van der Waals surface area (Å²) in [6.07, 6.45) is 3.35. The van der Waals surface area contributed by atoms with Crippen LogP contribution >= 0.6 is 35.7 Å². The average Bonchev–Trinajstić information content (AvgIpc) is 3.12. The van der Waals surface area contributed by atoms with E-state index < -0.39 is 0 Å². The fraction of sp³-hybridized carbons (Fsp3) is 0.143. The van der Waals surface area contributed by atoms with Gasteiger partial charge in [0.2, 0.25) is 0 Å². The van der Waals surface area contributed by atoms with Crippen molar-refractivity contribution in [2.75, 3.05) is 0 Å². The molecule has 36 heavy (non-hydrogen) atoms. The van der Waals surface area contributed by atoms with Gasteiger partial charge in [-0.05, 0) is 56.2 Å². The van der Waals surface area contributed by atoms with Gasteiger partial charge in [0.1, 0.15) is 15.0 Å². The molecule has 5 rings (SSSR count). The van der Waals surface area contributed by atoms with Gasteiger partial charge in [0.15, 0.2) is 0 Å². The summed E-state index contributed by atoms with van der Waals surface area (Å²) in [6, 6.07) is 19.8. The first-order valence-electron chi connectivity index (χ1n) is 11.4. The third-order valence-corrected chi connectivity index (χ3v) is 8.29. The molecule has 1 aliphatic heterocycles. The summed E-state index contributed by atoms with van der Waals surface area (Å²) in [7, 11) is 0. The SMILES string of the molecule is Cc1ccc(CN2C(=O)/C(=C\c3c(Sc4ccc(C)cc4)nc4c(C)cccn4c3=O)SC2=S)cc1. The summed E-state index contributed by atoms with van der Waals surface area (Å²) in [5.41, 5.74) is 4.96. The summed E-state index contributed by atoms with van der Waals surface area (Å²) < 4.78 is 2.01. The first kappa shape index (κ1) is 24.5. The van der Waals surface area contributed by atoms with Gasteiger partial charge in [-0.1, -0.05) is 89.3 Å². The van der Waals surface area contributed by atoms with E-state index in [1.807, 2.05) is 81.4 Å². The summed E-state index contributed by atoms with van der Waals surface area (Å²) in [5, 5.41) is 0.557. The number of aryl methyl sites for hydroxylation is 3. The number of fused-ring (bicyclic) bond motifs is 1. The zero-order chi connectivity index (χ0) is 25.4. The van der Waals surface area contributed by atoms with E-state index in [0.29, 0.717) is 32.0 Å². The van der Waals surface area contributed by atoms with Gasteiger partial charge in [-0.25, -0.2) is 4.98 Å². The van der Waals surface area contributed by atoms with E-state index in [2.05, 4.69) is 0 Å². The molecule has 0 aliphatic carbocycles. The molecule has 0 radical (unpaired) electrons. The van der Waals surface area contributed by atoms with Crippen LogP contribution in [-0.2, 0) is 11.3 Å². The lowest BCUT2D eigenvalue weighted by atomic mass is 10.1. The maximum absolute atomic E-state index is 13.6. The molecule has 3 heterocycles. The second-order valence-electron chi connectivity index (χ2n) is 8.69. The minimum atomic E-state index is -0.220. The lowest BCUT2D eigenvalue weighted by Gasteiger charge is -2.14. The number of thiocarbonyl (C=S) groups is 1. The number of carbonyl (C=O) groups is 1. The quantitative estimate of drug-likeness (QED) is 0.175. The van der Waals surface area contributed by atoms with Crippen molar-refractivity contribution in [2.45, 2.75) is 37.2 Å². The highest BCUT2D eigenvalue weighted by atomic mass is 32.2. The van der Waals surface area contributed by atoms with Gasteiger partial charge in [-0.3, -0.25) is 18.9 Å². The van der Waals surface area contributed by atoms with Crippen molar-refractivity contribution in [1.82, 2.24) is 14.3 Å². The van der Waals surface area contributed by atoms with E-state index in [0.717, 1.165) is 27.1 Å². The van der Waals surface area contributed by atoms with E-state index in [1.54, 1.807) is 17.2 Å². The zero-order valence-corrected chi connectivity index (χ0v) is 22.5. The topological polar surface area (TPSA) is 54.7 Å². The van der Waals surface area contributed by atoms with Gasteiger partial charge in [0.25, 0.3) is 11.5 Å². The number of pyridine rings is 1. The molecule has 8 heteroatoms. The van der Waals surface area contributed by atoms with E-state index >= 15 is 0 Å². The molecule has 1 fully saturated rings. The van der Waals surface area contributed by atoms with Crippen molar-refractivity contribution in [1.29, 1.82) is 0 Å². The van der Waals surface area contributed by atoms with Gasteiger partial charge in [0, 0.05) is 11.1 Å². The van der Waals surface area contributed by atoms with Crippen LogP contribution in [-0.4, -0.2) is 24.5 Å². The number of amides is 1. The number of rotatable bonds is 5. The van der Waals surface area contributed by atoms with Crippen LogP contribution in [0.1, 0.15) is 27.8 Å². The molecule has 0 bridgehead atoms. The van der Waals surface area contributed by atoms with Gasteiger partial charge < -0.3 is 0 Å². The summed E-state index contributed by atoms with van der Waals surface area (Å²) in [5.74, 6) is -0.203. The average molecular weight is 530 g/mol. The predicted octanol–water partition coefficient (Wildman–Crippen LogP) is 6.17. The highest BCUT2D eigenvalue weighted by molar-refractivity contribution is 8.26. The Morgan fingerprint density at radius 1 is 0.972 bits per heavy atom. The Morgan fingerprint density at radius 2 is 1.64 bits per heavy atom.